The van der Waals surface area contributed by atoms with Crippen LogP contribution in [0.1, 0.15) is 36.3 Å². The van der Waals surface area contributed by atoms with Crippen LogP contribution in [0.25, 0.3) is 22.6 Å². The van der Waals surface area contributed by atoms with Crippen LogP contribution in [0.3, 0.4) is 0 Å². The molecule has 160 valence electrons. The lowest BCUT2D eigenvalue weighted by Crippen LogP contribution is -2.52. The Morgan fingerprint density at radius 2 is 2.06 bits per heavy atom. The van der Waals surface area contributed by atoms with Gasteiger partial charge < -0.3 is 24.6 Å². The number of para-hydroxylation sites is 1. The summed E-state index contributed by atoms with van der Waals surface area (Å²) in [6, 6.07) is 12.9. The zero-order chi connectivity index (χ0) is 22.0. The molecular weight excluding hydrogens is 396 g/mol. The van der Waals surface area contributed by atoms with E-state index in [1.807, 2.05) is 49.4 Å². The number of rotatable bonds is 7. The van der Waals surface area contributed by atoms with Crippen LogP contribution in [0, 0.1) is 0 Å². The monoisotopic (exact) mass is 420 g/mol. The van der Waals surface area contributed by atoms with E-state index in [0.717, 1.165) is 11.3 Å². The average Bonchev–Trinajstić information content (AvgIpc) is 3.47. The molecule has 4 aromatic rings. The van der Waals surface area contributed by atoms with Crippen LogP contribution in [-0.4, -0.2) is 39.2 Å². The molecule has 0 aliphatic carbocycles. The minimum absolute atomic E-state index is 0.308. The normalized spacial score (nSPS) is 14.2. The number of aromatic amines is 1. The molecule has 2 aromatic carbocycles. The predicted octanol–water partition coefficient (Wildman–Crippen LogP) is 3.64. The third kappa shape index (κ3) is 3.66. The zero-order valence-electron chi connectivity index (χ0n) is 17.5. The summed E-state index contributed by atoms with van der Waals surface area (Å²) in [6.45, 7) is 3.55. The van der Waals surface area contributed by atoms with Gasteiger partial charge >= 0.3 is 0 Å². The van der Waals surface area contributed by atoms with Gasteiger partial charge in [0.2, 0.25) is 5.89 Å². The number of carbonyl (C=O) groups is 1. The highest BCUT2D eigenvalue weighted by atomic mass is 16.5. The van der Waals surface area contributed by atoms with Gasteiger partial charge in [0.15, 0.2) is 5.58 Å². The number of imidazole rings is 1. The van der Waals surface area contributed by atoms with Gasteiger partial charge in [-0.05, 0) is 43.7 Å². The summed E-state index contributed by atoms with van der Waals surface area (Å²) in [4.78, 5) is 24.1. The number of aromatic nitrogens is 3. The molecule has 8 nitrogen and oxygen atoms in total. The second-order valence-electron chi connectivity index (χ2n) is 7.32. The van der Waals surface area contributed by atoms with Crippen molar-refractivity contribution in [3.05, 3.63) is 66.2 Å². The summed E-state index contributed by atoms with van der Waals surface area (Å²) >= 11 is 0. The Balaban J connectivity index is 1.81. The maximum atomic E-state index is 12.8. The van der Waals surface area contributed by atoms with Crippen LogP contribution in [0.5, 0.6) is 5.75 Å². The molecule has 0 fully saturated rings. The third-order valence-electron chi connectivity index (χ3n) is 5.58. The molecule has 0 bridgehead atoms. The first kappa shape index (κ1) is 20.6. The van der Waals surface area contributed by atoms with Gasteiger partial charge in [0, 0.05) is 11.1 Å². The van der Waals surface area contributed by atoms with Crippen molar-refractivity contribution in [3.8, 4) is 17.2 Å². The van der Waals surface area contributed by atoms with Crippen LogP contribution in [0.15, 0.2) is 59.4 Å². The first-order valence-electron chi connectivity index (χ1n) is 10.0. The van der Waals surface area contributed by atoms with Crippen molar-refractivity contribution in [2.24, 2.45) is 0 Å². The van der Waals surface area contributed by atoms with Crippen molar-refractivity contribution in [1.29, 1.82) is 0 Å². The van der Waals surface area contributed by atoms with Gasteiger partial charge in [0.05, 0.1) is 31.3 Å². The topological polar surface area (TPSA) is 113 Å². The highest BCUT2D eigenvalue weighted by Gasteiger charge is 2.40. The smallest absolute Gasteiger partial charge is 0.270 e. The molecule has 1 amide bonds. The zero-order valence-corrected chi connectivity index (χ0v) is 17.5. The van der Waals surface area contributed by atoms with E-state index in [0.29, 0.717) is 34.7 Å². The van der Waals surface area contributed by atoms with Crippen molar-refractivity contribution in [2.45, 2.75) is 31.9 Å². The third-order valence-corrected chi connectivity index (χ3v) is 5.58. The van der Waals surface area contributed by atoms with E-state index in [1.54, 1.807) is 14.0 Å². The number of H-pyrrole nitrogens is 1. The number of aliphatic hydroxyl groups is 1. The molecular formula is C23H24N4O4. The second kappa shape index (κ2) is 8.23. The van der Waals surface area contributed by atoms with Gasteiger partial charge in [-0.1, -0.05) is 19.1 Å². The lowest BCUT2D eigenvalue weighted by Gasteiger charge is -2.36. The van der Waals surface area contributed by atoms with Crippen molar-refractivity contribution in [2.75, 3.05) is 7.11 Å². The molecule has 0 aliphatic heterocycles. The van der Waals surface area contributed by atoms with E-state index in [1.165, 1.54) is 12.5 Å². The van der Waals surface area contributed by atoms with E-state index in [9.17, 15) is 9.90 Å². The second-order valence-corrected chi connectivity index (χ2v) is 7.32. The number of hydrogen-bond acceptors (Lipinski definition) is 6. The largest absolute Gasteiger partial charge is 0.497 e. The molecule has 31 heavy (non-hydrogen) atoms. The van der Waals surface area contributed by atoms with E-state index in [-0.39, 0.29) is 5.91 Å². The van der Waals surface area contributed by atoms with Crippen LogP contribution < -0.4 is 10.1 Å². The lowest BCUT2D eigenvalue weighted by molar-refractivity contribution is 0.0552. The quantitative estimate of drug-likeness (QED) is 0.421. The van der Waals surface area contributed by atoms with E-state index in [4.69, 9.17) is 9.15 Å². The maximum absolute atomic E-state index is 12.8. The minimum atomic E-state index is -1.08. The number of hydrogen-bond donors (Lipinski definition) is 3. The number of ether oxygens (including phenoxy) is 1. The first-order chi connectivity index (χ1) is 15.0. The summed E-state index contributed by atoms with van der Waals surface area (Å²) in [5, 5.41) is 13.8. The number of nitrogens with one attached hydrogen (secondary N) is 2. The van der Waals surface area contributed by atoms with E-state index in [2.05, 4.69) is 20.3 Å². The van der Waals surface area contributed by atoms with Crippen molar-refractivity contribution >= 4 is 17.0 Å². The number of amides is 1. The van der Waals surface area contributed by atoms with Gasteiger partial charge in [-0.2, -0.15) is 0 Å². The molecule has 0 saturated carbocycles. The van der Waals surface area contributed by atoms with Gasteiger partial charge in [0.1, 0.15) is 17.0 Å². The Kier molecular flexibility index (Phi) is 5.48. The average molecular weight is 420 g/mol. The van der Waals surface area contributed by atoms with Gasteiger partial charge in [-0.25, -0.2) is 9.97 Å². The molecule has 8 heteroatoms. The van der Waals surface area contributed by atoms with Crippen LogP contribution in [0.2, 0.25) is 0 Å². The fourth-order valence-corrected chi connectivity index (χ4v) is 3.78. The Morgan fingerprint density at radius 3 is 2.68 bits per heavy atom. The fraction of sp³-hybridized carbons (Fsp3) is 0.261. The van der Waals surface area contributed by atoms with E-state index >= 15 is 0 Å². The molecule has 2 heterocycles. The maximum Gasteiger partial charge on any atom is 0.270 e. The van der Waals surface area contributed by atoms with Crippen molar-refractivity contribution in [1.82, 2.24) is 20.3 Å². The Labute approximate surface area is 179 Å². The van der Waals surface area contributed by atoms with Crippen LogP contribution >= 0.6 is 0 Å². The lowest BCUT2D eigenvalue weighted by atomic mass is 9.82. The SMILES string of the molecule is CC[C@@](NC(=O)c1cnc[nH]1)(c1cccc2nc(-c3ccc(OC)cc3)oc12)[C@H](C)O. The number of oxazole rings is 1. The Morgan fingerprint density at radius 1 is 1.29 bits per heavy atom. The minimum Gasteiger partial charge on any atom is -0.497 e. The molecule has 4 rings (SSSR count). The summed E-state index contributed by atoms with van der Waals surface area (Å²) in [5.74, 6) is 0.814. The molecule has 0 radical (unpaired) electrons. The number of aliphatic hydroxyl groups excluding tert-OH is 1. The molecule has 0 spiro atoms. The summed E-state index contributed by atoms with van der Waals surface area (Å²) < 4.78 is 11.4. The van der Waals surface area contributed by atoms with Crippen molar-refractivity contribution in [3.63, 3.8) is 0 Å². The Hall–Kier alpha value is -3.65. The number of nitrogens with zero attached hydrogens (tertiary/aromatic N) is 2. The number of benzene rings is 2. The summed E-state index contributed by atoms with van der Waals surface area (Å²) in [5.41, 5.74) is 1.82. The molecule has 2 aromatic heterocycles. The van der Waals surface area contributed by atoms with Gasteiger partial charge in [-0.3, -0.25) is 4.79 Å². The van der Waals surface area contributed by atoms with Gasteiger partial charge in [0.25, 0.3) is 5.91 Å². The summed E-state index contributed by atoms with van der Waals surface area (Å²) in [7, 11) is 1.61. The van der Waals surface area contributed by atoms with Gasteiger partial charge in [-0.15, -0.1) is 0 Å². The van der Waals surface area contributed by atoms with E-state index < -0.39 is 11.6 Å². The molecule has 2 atom stereocenters. The first-order valence-corrected chi connectivity index (χ1v) is 10.0. The van der Waals surface area contributed by atoms with Crippen molar-refractivity contribution < 1.29 is 19.1 Å². The standard InChI is InChI=1S/C23H24N4O4/c1-4-23(14(2)28,27-21(29)19-12-24-13-25-19)17-6-5-7-18-20(17)31-22(26-18)15-8-10-16(30-3)11-9-15/h5-14,28H,4H2,1-3H3,(H,24,25)(H,27,29)/t14-,23-/m0/s1. The molecule has 0 aliphatic rings. The number of carbonyl (C=O) groups excluding carboxylic acids is 1. The van der Waals surface area contributed by atoms with Crippen LogP contribution in [-0.2, 0) is 5.54 Å². The highest BCUT2D eigenvalue weighted by Crippen LogP contribution is 2.37. The number of fused-ring (bicyclic) bond motifs is 1. The highest BCUT2D eigenvalue weighted by molar-refractivity contribution is 5.93. The van der Waals surface area contributed by atoms with Crippen LogP contribution in [0.4, 0.5) is 0 Å². The summed E-state index contributed by atoms with van der Waals surface area (Å²) in [6.07, 6.45) is 2.41. The molecule has 3 N–H and O–H groups in total. The molecule has 0 saturated heterocycles. The predicted molar refractivity (Wildman–Crippen MR) is 116 cm³/mol. The Bertz CT molecular complexity index is 1180. The fourth-order valence-electron chi connectivity index (χ4n) is 3.78. The molecule has 0 unspecified atom stereocenters. The number of methoxy groups -OCH3 is 1.